The first kappa shape index (κ1) is 24.0. The molecule has 2 aromatic carbocycles. The molecular weight excluding hydrogens is 464 g/mol. The standard InChI is InChI=1S/C30H26N4O3/c1-5-11-33-29(35)25(20(4)26(16-31)30(33)36)15-23-17-34(24-9-7-6-8-10-24)32-27(23)21-12-18(2)28-22(14-21)13-19(3)37-28/h5-10,12,14-15,17,19H,1,11,13H2,2-4H3/b25-15+. The van der Waals surface area contributed by atoms with Crippen molar-refractivity contribution < 1.29 is 14.3 Å². The van der Waals surface area contributed by atoms with Gasteiger partial charge in [-0.15, -0.1) is 6.58 Å². The lowest BCUT2D eigenvalue weighted by molar-refractivity contribution is -0.139. The van der Waals surface area contributed by atoms with Crippen LogP contribution in [0.1, 0.15) is 30.5 Å². The number of imide groups is 1. The smallest absolute Gasteiger partial charge is 0.271 e. The number of ether oxygens (including phenoxy) is 1. The van der Waals surface area contributed by atoms with Gasteiger partial charge >= 0.3 is 0 Å². The van der Waals surface area contributed by atoms with Crippen LogP contribution >= 0.6 is 0 Å². The molecule has 7 nitrogen and oxygen atoms in total. The van der Waals surface area contributed by atoms with Crippen LogP contribution in [0.25, 0.3) is 23.0 Å². The van der Waals surface area contributed by atoms with E-state index in [9.17, 15) is 14.9 Å². The van der Waals surface area contributed by atoms with Crippen molar-refractivity contribution in [1.29, 1.82) is 5.26 Å². The van der Waals surface area contributed by atoms with Gasteiger partial charge in [-0.3, -0.25) is 14.5 Å². The largest absolute Gasteiger partial charge is 0.490 e. The van der Waals surface area contributed by atoms with Crippen LogP contribution in [0, 0.1) is 18.3 Å². The van der Waals surface area contributed by atoms with Crippen LogP contribution in [-0.4, -0.2) is 39.1 Å². The molecule has 0 radical (unpaired) electrons. The number of benzene rings is 2. The maximum atomic E-state index is 13.4. The molecule has 0 fully saturated rings. The highest BCUT2D eigenvalue weighted by Crippen LogP contribution is 2.38. The fraction of sp³-hybridized carbons (Fsp3) is 0.200. The molecule has 1 unspecified atom stereocenters. The highest BCUT2D eigenvalue weighted by Gasteiger charge is 2.35. The molecule has 0 saturated heterocycles. The number of aryl methyl sites for hydroxylation is 1. The summed E-state index contributed by atoms with van der Waals surface area (Å²) in [6, 6.07) is 15.8. The second-order valence-corrected chi connectivity index (χ2v) is 9.31. The number of aromatic nitrogens is 2. The van der Waals surface area contributed by atoms with Gasteiger partial charge in [-0.05, 0) is 67.8 Å². The second kappa shape index (κ2) is 9.40. The topological polar surface area (TPSA) is 88.2 Å². The molecular formula is C30H26N4O3. The van der Waals surface area contributed by atoms with Gasteiger partial charge < -0.3 is 4.74 Å². The third-order valence-corrected chi connectivity index (χ3v) is 6.65. The first-order chi connectivity index (χ1) is 17.8. The minimum Gasteiger partial charge on any atom is -0.490 e. The first-order valence-electron chi connectivity index (χ1n) is 12.1. The summed E-state index contributed by atoms with van der Waals surface area (Å²) in [7, 11) is 0. The van der Waals surface area contributed by atoms with E-state index in [2.05, 4.69) is 12.6 Å². The van der Waals surface area contributed by atoms with Crippen LogP contribution in [0.5, 0.6) is 5.75 Å². The summed E-state index contributed by atoms with van der Waals surface area (Å²) in [6.45, 7) is 9.36. The molecule has 0 saturated carbocycles. The van der Waals surface area contributed by atoms with Gasteiger partial charge in [0, 0.05) is 35.9 Å². The molecule has 3 aromatic rings. The summed E-state index contributed by atoms with van der Waals surface area (Å²) in [5, 5.41) is 14.6. The van der Waals surface area contributed by atoms with Crippen molar-refractivity contribution in [3.05, 3.63) is 94.7 Å². The van der Waals surface area contributed by atoms with E-state index in [-0.39, 0.29) is 23.8 Å². The lowest BCUT2D eigenvalue weighted by Crippen LogP contribution is -2.42. The average Bonchev–Trinajstić information content (AvgIpc) is 3.48. The van der Waals surface area contributed by atoms with Gasteiger partial charge in [-0.1, -0.05) is 24.3 Å². The highest BCUT2D eigenvalue weighted by atomic mass is 16.5. The van der Waals surface area contributed by atoms with Gasteiger partial charge in [0.1, 0.15) is 23.5 Å². The second-order valence-electron chi connectivity index (χ2n) is 9.31. The van der Waals surface area contributed by atoms with E-state index in [1.165, 1.54) is 6.08 Å². The van der Waals surface area contributed by atoms with Crippen LogP contribution in [0.4, 0.5) is 0 Å². The number of fused-ring (bicyclic) bond motifs is 1. The van der Waals surface area contributed by atoms with Crippen LogP contribution < -0.4 is 4.74 Å². The third kappa shape index (κ3) is 4.17. The van der Waals surface area contributed by atoms with E-state index in [1.54, 1.807) is 17.7 Å². The van der Waals surface area contributed by atoms with Crippen LogP contribution in [0.15, 0.2) is 78.0 Å². The van der Waals surface area contributed by atoms with E-state index >= 15 is 0 Å². The number of amides is 2. The van der Waals surface area contributed by atoms with E-state index < -0.39 is 11.8 Å². The van der Waals surface area contributed by atoms with Gasteiger partial charge in [0.25, 0.3) is 11.8 Å². The number of carbonyl (C=O) groups excluding carboxylic acids is 2. The van der Waals surface area contributed by atoms with Gasteiger partial charge in [0.05, 0.1) is 11.4 Å². The van der Waals surface area contributed by atoms with Crippen molar-refractivity contribution >= 4 is 17.9 Å². The van der Waals surface area contributed by atoms with Crippen molar-refractivity contribution in [2.45, 2.75) is 33.3 Å². The molecule has 5 rings (SSSR count). The van der Waals surface area contributed by atoms with Crippen LogP contribution in [-0.2, 0) is 16.0 Å². The Morgan fingerprint density at radius 3 is 2.65 bits per heavy atom. The fourth-order valence-electron chi connectivity index (χ4n) is 4.87. The number of hydrogen-bond donors (Lipinski definition) is 0. The summed E-state index contributed by atoms with van der Waals surface area (Å²) < 4.78 is 7.76. The number of para-hydroxylation sites is 1. The Labute approximate surface area is 215 Å². The minimum atomic E-state index is -0.606. The van der Waals surface area contributed by atoms with E-state index in [1.807, 2.05) is 62.5 Å². The monoisotopic (exact) mass is 490 g/mol. The Balaban J connectivity index is 1.72. The number of rotatable bonds is 5. The van der Waals surface area contributed by atoms with Gasteiger partial charge in [0.2, 0.25) is 0 Å². The molecule has 184 valence electrons. The molecule has 0 aliphatic carbocycles. The lowest BCUT2D eigenvalue weighted by Gasteiger charge is -2.26. The van der Waals surface area contributed by atoms with E-state index in [4.69, 9.17) is 9.84 Å². The Morgan fingerprint density at radius 1 is 1.19 bits per heavy atom. The normalized spacial score (nSPS) is 18.2. The molecule has 7 heteroatoms. The minimum absolute atomic E-state index is 0.0196. The lowest BCUT2D eigenvalue weighted by atomic mass is 9.93. The SMILES string of the molecule is C=CCN1C(=O)C(C#N)=C(C)/C(=C\c2cn(-c3ccccc3)nc2-c2cc(C)c3c(c2)CC(C)O3)C1=O. The zero-order valence-corrected chi connectivity index (χ0v) is 21.0. The average molecular weight is 491 g/mol. The molecule has 37 heavy (non-hydrogen) atoms. The molecule has 0 N–H and O–H groups in total. The molecule has 2 aliphatic heterocycles. The fourth-order valence-corrected chi connectivity index (χ4v) is 4.87. The number of nitriles is 1. The van der Waals surface area contributed by atoms with Crippen molar-refractivity contribution in [3.8, 4) is 28.8 Å². The van der Waals surface area contributed by atoms with Crippen LogP contribution in [0.2, 0.25) is 0 Å². The quantitative estimate of drug-likeness (QED) is 0.287. The van der Waals surface area contributed by atoms with Crippen molar-refractivity contribution in [2.75, 3.05) is 6.54 Å². The molecule has 1 atom stereocenters. The van der Waals surface area contributed by atoms with E-state index in [0.717, 1.165) is 39.4 Å². The summed E-state index contributed by atoms with van der Waals surface area (Å²) >= 11 is 0. The van der Waals surface area contributed by atoms with Gasteiger partial charge in [-0.2, -0.15) is 10.4 Å². The van der Waals surface area contributed by atoms with Crippen LogP contribution in [0.3, 0.4) is 0 Å². The van der Waals surface area contributed by atoms with Gasteiger partial charge in [0.15, 0.2) is 0 Å². The predicted molar refractivity (Wildman–Crippen MR) is 141 cm³/mol. The summed E-state index contributed by atoms with van der Waals surface area (Å²) in [5.41, 5.74) is 5.87. The van der Waals surface area contributed by atoms with Crippen molar-refractivity contribution in [2.24, 2.45) is 0 Å². The zero-order valence-electron chi connectivity index (χ0n) is 21.0. The number of nitrogens with zero attached hydrogens (tertiary/aromatic N) is 4. The molecule has 2 amide bonds. The predicted octanol–water partition coefficient (Wildman–Crippen LogP) is 4.95. The Kier molecular flexibility index (Phi) is 6.10. The molecule has 3 heterocycles. The van der Waals surface area contributed by atoms with E-state index in [0.29, 0.717) is 16.8 Å². The molecule has 0 bridgehead atoms. The van der Waals surface area contributed by atoms with Crippen molar-refractivity contribution in [3.63, 3.8) is 0 Å². The van der Waals surface area contributed by atoms with Crippen molar-refractivity contribution in [1.82, 2.24) is 14.7 Å². The Morgan fingerprint density at radius 2 is 1.95 bits per heavy atom. The molecule has 1 aromatic heterocycles. The highest BCUT2D eigenvalue weighted by molar-refractivity contribution is 6.20. The maximum absolute atomic E-state index is 13.4. The molecule has 0 spiro atoms. The molecule has 2 aliphatic rings. The third-order valence-electron chi connectivity index (χ3n) is 6.65. The number of hydrogen-bond acceptors (Lipinski definition) is 5. The Bertz CT molecular complexity index is 1550. The zero-order chi connectivity index (χ0) is 26.3. The summed E-state index contributed by atoms with van der Waals surface area (Å²) in [4.78, 5) is 27.2. The number of carbonyl (C=O) groups is 2. The summed E-state index contributed by atoms with van der Waals surface area (Å²) in [6.07, 6.45) is 5.97. The van der Waals surface area contributed by atoms with Gasteiger partial charge in [-0.25, -0.2) is 4.68 Å². The Hall–Kier alpha value is -4.70. The summed E-state index contributed by atoms with van der Waals surface area (Å²) in [5.74, 6) is -0.157. The first-order valence-corrected chi connectivity index (χ1v) is 12.1. The maximum Gasteiger partial charge on any atom is 0.271 e.